The van der Waals surface area contributed by atoms with Gasteiger partial charge < -0.3 is 10.0 Å². The van der Waals surface area contributed by atoms with Crippen LogP contribution in [0.15, 0.2) is 0 Å². The molecule has 0 atom stereocenters. The van der Waals surface area contributed by atoms with E-state index in [1.807, 2.05) is 4.90 Å². The number of unbranched alkanes of at least 4 members (excludes halogenated alkanes) is 1. The summed E-state index contributed by atoms with van der Waals surface area (Å²) in [6.07, 6.45) is 10.2. The Balaban J connectivity index is 1.72. The van der Waals surface area contributed by atoms with Crippen molar-refractivity contribution >= 4 is 5.91 Å². The van der Waals surface area contributed by atoms with Crippen molar-refractivity contribution in [1.82, 2.24) is 4.90 Å². The third kappa shape index (κ3) is 3.21. The molecule has 0 aromatic carbocycles. The summed E-state index contributed by atoms with van der Waals surface area (Å²) in [5.41, 5.74) is 0.599. The van der Waals surface area contributed by atoms with Gasteiger partial charge in [0.1, 0.15) is 0 Å². The van der Waals surface area contributed by atoms with Crippen LogP contribution in [0.25, 0.3) is 0 Å². The first-order valence-electron chi connectivity index (χ1n) is 7.14. The standard InChI is InChI=1S/C14H25NO2/c16-12-4-1-5-13(17)15-10-8-14(9-11-15)6-2-3-7-14/h16H,1-12H2. The maximum absolute atomic E-state index is 11.9. The van der Waals surface area contributed by atoms with Gasteiger partial charge in [-0.2, -0.15) is 0 Å². The molecule has 3 heteroatoms. The molecule has 0 bridgehead atoms. The summed E-state index contributed by atoms with van der Waals surface area (Å²) in [6, 6.07) is 0. The molecular formula is C14H25NO2. The smallest absolute Gasteiger partial charge is 0.222 e. The highest BCUT2D eigenvalue weighted by Crippen LogP contribution is 2.46. The summed E-state index contributed by atoms with van der Waals surface area (Å²) in [6.45, 7) is 2.15. The molecule has 2 rings (SSSR count). The average molecular weight is 239 g/mol. The minimum Gasteiger partial charge on any atom is -0.396 e. The van der Waals surface area contributed by atoms with Gasteiger partial charge in [0, 0.05) is 26.1 Å². The molecule has 1 N–H and O–H groups in total. The van der Waals surface area contributed by atoms with E-state index in [-0.39, 0.29) is 6.61 Å². The minimum absolute atomic E-state index is 0.205. The lowest BCUT2D eigenvalue weighted by Gasteiger charge is -2.39. The van der Waals surface area contributed by atoms with Gasteiger partial charge in [0.05, 0.1) is 0 Å². The van der Waals surface area contributed by atoms with E-state index in [1.165, 1.54) is 38.5 Å². The predicted octanol–water partition coefficient (Wildman–Crippen LogP) is 2.33. The van der Waals surface area contributed by atoms with Gasteiger partial charge in [-0.3, -0.25) is 4.79 Å². The van der Waals surface area contributed by atoms with E-state index in [0.717, 1.165) is 25.9 Å². The fourth-order valence-corrected chi connectivity index (χ4v) is 3.40. The number of carbonyl (C=O) groups excluding carboxylic acids is 1. The van der Waals surface area contributed by atoms with Crippen LogP contribution in [-0.4, -0.2) is 35.6 Å². The third-order valence-electron chi connectivity index (χ3n) is 4.64. The lowest BCUT2D eigenvalue weighted by molar-refractivity contribution is -0.133. The number of likely N-dealkylation sites (tertiary alicyclic amines) is 1. The first kappa shape index (κ1) is 12.9. The first-order chi connectivity index (χ1) is 8.26. The van der Waals surface area contributed by atoms with Gasteiger partial charge in [-0.05, 0) is 43.9 Å². The van der Waals surface area contributed by atoms with Gasteiger partial charge in [-0.1, -0.05) is 12.8 Å². The maximum atomic E-state index is 11.9. The fraction of sp³-hybridized carbons (Fsp3) is 0.929. The van der Waals surface area contributed by atoms with Crippen LogP contribution in [0.2, 0.25) is 0 Å². The number of hydrogen-bond donors (Lipinski definition) is 1. The molecule has 1 heterocycles. The Hall–Kier alpha value is -0.570. The molecule has 1 aliphatic carbocycles. The summed E-state index contributed by atoms with van der Waals surface area (Å²) in [5.74, 6) is 0.297. The number of piperidine rings is 1. The zero-order valence-corrected chi connectivity index (χ0v) is 10.8. The second-order valence-electron chi connectivity index (χ2n) is 5.77. The zero-order chi connectivity index (χ0) is 12.1. The van der Waals surface area contributed by atoms with Crippen LogP contribution in [0, 0.1) is 5.41 Å². The fourth-order valence-electron chi connectivity index (χ4n) is 3.40. The Labute approximate surface area is 104 Å². The van der Waals surface area contributed by atoms with Crippen LogP contribution < -0.4 is 0 Å². The highest BCUT2D eigenvalue weighted by molar-refractivity contribution is 5.76. The second-order valence-corrected chi connectivity index (χ2v) is 5.77. The van der Waals surface area contributed by atoms with Crippen molar-refractivity contribution in [1.29, 1.82) is 0 Å². The van der Waals surface area contributed by atoms with E-state index in [2.05, 4.69) is 0 Å². The van der Waals surface area contributed by atoms with Crippen molar-refractivity contribution in [2.24, 2.45) is 5.41 Å². The summed E-state index contributed by atoms with van der Waals surface area (Å²) in [5, 5.41) is 8.70. The van der Waals surface area contributed by atoms with Crippen molar-refractivity contribution < 1.29 is 9.90 Å². The summed E-state index contributed by atoms with van der Waals surface area (Å²) >= 11 is 0. The molecular weight excluding hydrogens is 214 g/mol. The van der Waals surface area contributed by atoms with Crippen molar-refractivity contribution in [3.63, 3.8) is 0 Å². The number of amides is 1. The Bertz CT molecular complexity index is 249. The van der Waals surface area contributed by atoms with Crippen molar-refractivity contribution in [2.45, 2.75) is 57.8 Å². The van der Waals surface area contributed by atoms with Gasteiger partial charge in [0.15, 0.2) is 0 Å². The molecule has 3 nitrogen and oxygen atoms in total. The normalized spacial score (nSPS) is 23.2. The first-order valence-corrected chi connectivity index (χ1v) is 7.14. The van der Waals surface area contributed by atoms with Crippen LogP contribution in [0.5, 0.6) is 0 Å². The Morgan fingerprint density at radius 2 is 1.71 bits per heavy atom. The quantitative estimate of drug-likeness (QED) is 0.765. The third-order valence-corrected chi connectivity index (χ3v) is 4.64. The van der Waals surface area contributed by atoms with Crippen LogP contribution >= 0.6 is 0 Å². The molecule has 0 radical (unpaired) electrons. The van der Waals surface area contributed by atoms with E-state index in [4.69, 9.17) is 5.11 Å². The molecule has 1 amide bonds. The number of aliphatic hydroxyl groups is 1. The summed E-state index contributed by atoms with van der Waals surface area (Å²) < 4.78 is 0. The van der Waals surface area contributed by atoms with Gasteiger partial charge in [-0.15, -0.1) is 0 Å². The van der Waals surface area contributed by atoms with E-state index >= 15 is 0 Å². The van der Waals surface area contributed by atoms with E-state index in [0.29, 0.717) is 17.7 Å². The average Bonchev–Trinajstić information content (AvgIpc) is 2.79. The van der Waals surface area contributed by atoms with E-state index < -0.39 is 0 Å². The zero-order valence-electron chi connectivity index (χ0n) is 10.8. The molecule has 2 fully saturated rings. The topological polar surface area (TPSA) is 40.5 Å². The summed E-state index contributed by atoms with van der Waals surface area (Å²) in [4.78, 5) is 14.0. The molecule has 1 aliphatic heterocycles. The predicted molar refractivity (Wildman–Crippen MR) is 67.7 cm³/mol. The van der Waals surface area contributed by atoms with Crippen molar-refractivity contribution in [3.8, 4) is 0 Å². The number of nitrogens with zero attached hydrogens (tertiary/aromatic N) is 1. The molecule has 1 saturated heterocycles. The number of hydrogen-bond acceptors (Lipinski definition) is 2. The SMILES string of the molecule is O=C(CCCCO)N1CCC2(CCCC2)CC1. The highest BCUT2D eigenvalue weighted by atomic mass is 16.3. The van der Waals surface area contributed by atoms with Gasteiger partial charge in [0.25, 0.3) is 0 Å². The number of carbonyl (C=O) groups is 1. The maximum Gasteiger partial charge on any atom is 0.222 e. The lowest BCUT2D eigenvalue weighted by Crippen LogP contribution is -2.42. The van der Waals surface area contributed by atoms with Crippen LogP contribution in [0.4, 0.5) is 0 Å². The molecule has 1 saturated carbocycles. The number of aliphatic hydroxyl groups excluding tert-OH is 1. The Morgan fingerprint density at radius 1 is 1.06 bits per heavy atom. The van der Waals surface area contributed by atoms with E-state index in [1.54, 1.807) is 0 Å². The Kier molecular flexibility index (Phi) is 4.43. The second kappa shape index (κ2) is 5.85. The number of rotatable bonds is 4. The van der Waals surface area contributed by atoms with Gasteiger partial charge >= 0.3 is 0 Å². The lowest BCUT2D eigenvalue weighted by atomic mass is 9.77. The van der Waals surface area contributed by atoms with E-state index in [9.17, 15) is 4.79 Å². The van der Waals surface area contributed by atoms with Crippen LogP contribution in [0.1, 0.15) is 57.8 Å². The Morgan fingerprint density at radius 3 is 2.29 bits per heavy atom. The van der Waals surface area contributed by atoms with Crippen LogP contribution in [-0.2, 0) is 4.79 Å². The monoisotopic (exact) mass is 239 g/mol. The van der Waals surface area contributed by atoms with Crippen molar-refractivity contribution in [2.75, 3.05) is 19.7 Å². The van der Waals surface area contributed by atoms with Crippen molar-refractivity contribution in [3.05, 3.63) is 0 Å². The molecule has 0 unspecified atom stereocenters. The molecule has 0 aromatic rings. The molecule has 17 heavy (non-hydrogen) atoms. The van der Waals surface area contributed by atoms with Crippen LogP contribution in [0.3, 0.4) is 0 Å². The largest absolute Gasteiger partial charge is 0.396 e. The molecule has 2 aliphatic rings. The van der Waals surface area contributed by atoms with Gasteiger partial charge in [-0.25, -0.2) is 0 Å². The molecule has 0 aromatic heterocycles. The molecule has 1 spiro atoms. The highest BCUT2D eigenvalue weighted by Gasteiger charge is 2.37. The summed E-state index contributed by atoms with van der Waals surface area (Å²) in [7, 11) is 0. The molecule has 98 valence electrons. The minimum atomic E-state index is 0.205. The van der Waals surface area contributed by atoms with Gasteiger partial charge in [0.2, 0.25) is 5.91 Å².